The number of likely N-dealkylation sites (tertiary alicyclic amines) is 1. The number of aryl methyl sites for hydroxylation is 1. The van der Waals surface area contributed by atoms with E-state index in [9.17, 15) is 0 Å². The van der Waals surface area contributed by atoms with Crippen LogP contribution in [-0.2, 0) is 6.42 Å². The van der Waals surface area contributed by atoms with Gasteiger partial charge in [0.05, 0.1) is 6.17 Å². The number of hydrogen-bond donors (Lipinski definition) is 1. The summed E-state index contributed by atoms with van der Waals surface area (Å²) in [6, 6.07) is 4.18. The lowest BCUT2D eigenvalue weighted by atomic mass is 10.1. The molecule has 1 aliphatic heterocycles. The van der Waals surface area contributed by atoms with Gasteiger partial charge in [0.25, 0.3) is 0 Å². The second-order valence-corrected chi connectivity index (χ2v) is 4.80. The number of aromatic nitrogens is 1. The van der Waals surface area contributed by atoms with Crippen LogP contribution in [0.25, 0.3) is 0 Å². The molecule has 0 radical (unpaired) electrons. The van der Waals surface area contributed by atoms with Crippen LogP contribution in [0.15, 0.2) is 24.5 Å². The minimum Gasteiger partial charge on any atom is -0.305 e. The fraction of sp³-hybridized carbons (Fsp3) is 0.643. The van der Waals surface area contributed by atoms with E-state index in [2.05, 4.69) is 28.3 Å². The molecule has 0 spiro atoms. The summed E-state index contributed by atoms with van der Waals surface area (Å²) in [7, 11) is 2.08. The summed E-state index contributed by atoms with van der Waals surface area (Å²) < 4.78 is 0. The van der Waals surface area contributed by atoms with Gasteiger partial charge >= 0.3 is 0 Å². The van der Waals surface area contributed by atoms with E-state index in [1.54, 1.807) is 0 Å². The molecule has 0 amide bonds. The second-order valence-electron chi connectivity index (χ2n) is 4.80. The summed E-state index contributed by atoms with van der Waals surface area (Å²) in [5, 5.41) is 3.44. The van der Waals surface area contributed by atoms with Gasteiger partial charge in [-0.05, 0) is 63.9 Å². The molecule has 1 N–H and O–H groups in total. The number of hydrogen-bond acceptors (Lipinski definition) is 3. The van der Waals surface area contributed by atoms with Gasteiger partial charge in [-0.25, -0.2) is 0 Å². The Morgan fingerprint density at radius 3 is 2.88 bits per heavy atom. The van der Waals surface area contributed by atoms with Crippen molar-refractivity contribution in [1.29, 1.82) is 0 Å². The van der Waals surface area contributed by atoms with Crippen molar-refractivity contribution in [2.45, 2.75) is 38.3 Å². The highest BCUT2D eigenvalue weighted by molar-refractivity contribution is 5.08. The SMILES string of the molecule is CNC(CCCc1cccnc1)N1CCCC1. The Balaban J connectivity index is 1.72. The first kappa shape index (κ1) is 12.5. The molecule has 3 nitrogen and oxygen atoms in total. The smallest absolute Gasteiger partial charge is 0.0594 e. The van der Waals surface area contributed by atoms with Gasteiger partial charge < -0.3 is 5.32 Å². The summed E-state index contributed by atoms with van der Waals surface area (Å²) in [6.45, 7) is 2.52. The molecule has 0 aliphatic carbocycles. The first-order valence-corrected chi connectivity index (χ1v) is 6.70. The fourth-order valence-corrected chi connectivity index (χ4v) is 2.61. The molecule has 1 atom stereocenters. The maximum absolute atomic E-state index is 4.15. The van der Waals surface area contributed by atoms with Crippen LogP contribution >= 0.6 is 0 Å². The molecule has 3 heteroatoms. The molecule has 2 rings (SSSR count). The first-order valence-electron chi connectivity index (χ1n) is 6.70. The fourth-order valence-electron chi connectivity index (χ4n) is 2.61. The summed E-state index contributed by atoms with van der Waals surface area (Å²) in [5.74, 6) is 0. The van der Waals surface area contributed by atoms with Crippen LogP contribution in [0, 0.1) is 0 Å². The molecule has 94 valence electrons. The predicted molar refractivity (Wildman–Crippen MR) is 70.8 cm³/mol. The van der Waals surface area contributed by atoms with Gasteiger partial charge in [0.1, 0.15) is 0 Å². The van der Waals surface area contributed by atoms with E-state index in [0.29, 0.717) is 6.17 Å². The standard InChI is InChI=1S/C14H23N3/c1-15-14(17-10-2-3-11-17)8-4-6-13-7-5-9-16-12-13/h5,7,9,12,14-15H,2-4,6,8,10-11H2,1H3. The average molecular weight is 233 g/mol. The van der Waals surface area contributed by atoms with E-state index in [-0.39, 0.29) is 0 Å². The van der Waals surface area contributed by atoms with Crippen molar-refractivity contribution in [1.82, 2.24) is 15.2 Å². The lowest BCUT2D eigenvalue weighted by molar-refractivity contribution is 0.199. The van der Waals surface area contributed by atoms with Crippen LogP contribution in [0.1, 0.15) is 31.2 Å². The summed E-state index contributed by atoms with van der Waals surface area (Å²) >= 11 is 0. The van der Waals surface area contributed by atoms with E-state index in [4.69, 9.17) is 0 Å². The molecular formula is C14H23N3. The van der Waals surface area contributed by atoms with Gasteiger partial charge in [0.2, 0.25) is 0 Å². The highest BCUT2D eigenvalue weighted by Gasteiger charge is 2.19. The van der Waals surface area contributed by atoms with Crippen molar-refractivity contribution in [2.75, 3.05) is 20.1 Å². The van der Waals surface area contributed by atoms with E-state index in [1.165, 1.54) is 44.3 Å². The third-order valence-electron chi connectivity index (χ3n) is 3.58. The molecule has 1 saturated heterocycles. The third kappa shape index (κ3) is 3.79. The lowest BCUT2D eigenvalue weighted by Crippen LogP contribution is -2.42. The Morgan fingerprint density at radius 2 is 2.24 bits per heavy atom. The Hall–Kier alpha value is -0.930. The summed E-state index contributed by atoms with van der Waals surface area (Å²) in [6.07, 6.45) is 10.7. The number of nitrogens with zero attached hydrogens (tertiary/aromatic N) is 2. The lowest BCUT2D eigenvalue weighted by Gasteiger charge is -2.27. The van der Waals surface area contributed by atoms with Crippen molar-refractivity contribution < 1.29 is 0 Å². The Kier molecular flexibility index (Phi) is 4.95. The molecule has 0 aromatic carbocycles. The topological polar surface area (TPSA) is 28.2 Å². The highest BCUT2D eigenvalue weighted by atomic mass is 15.3. The molecule has 0 saturated carbocycles. The Bertz CT molecular complexity index is 307. The van der Waals surface area contributed by atoms with Crippen LogP contribution in [0.3, 0.4) is 0 Å². The highest BCUT2D eigenvalue weighted by Crippen LogP contribution is 2.14. The molecule has 17 heavy (non-hydrogen) atoms. The minimum absolute atomic E-state index is 0.564. The van der Waals surface area contributed by atoms with Crippen LogP contribution in [-0.4, -0.2) is 36.2 Å². The molecule has 0 bridgehead atoms. The van der Waals surface area contributed by atoms with Gasteiger partial charge in [-0.3, -0.25) is 9.88 Å². The third-order valence-corrected chi connectivity index (χ3v) is 3.58. The normalized spacial score (nSPS) is 18.4. The molecule has 1 aromatic rings. The van der Waals surface area contributed by atoms with Crippen molar-refractivity contribution in [2.24, 2.45) is 0 Å². The quantitative estimate of drug-likeness (QED) is 0.815. The summed E-state index contributed by atoms with van der Waals surface area (Å²) in [5.41, 5.74) is 1.35. The van der Waals surface area contributed by atoms with E-state index in [1.807, 2.05) is 18.5 Å². The van der Waals surface area contributed by atoms with Crippen LogP contribution in [0.5, 0.6) is 0 Å². The predicted octanol–water partition coefficient (Wildman–Crippen LogP) is 2.05. The molecule has 1 aliphatic rings. The molecule has 1 unspecified atom stereocenters. The zero-order valence-electron chi connectivity index (χ0n) is 10.7. The monoisotopic (exact) mass is 233 g/mol. The number of pyridine rings is 1. The molecule has 2 heterocycles. The van der Waals surface area contributed by atoms with E-state index >= 15 is 0 Å². The van der Waals surface area contributed by atoms with Crippen molar-refractivity contribution in [3.05, 3.63) is 30.1 Å². The van der Waals surface area contributed by atoms with E-state index in [0.717, 1.165) is 6.42 Å². The van der Waals surface area contributed by atoms with Gasteiger partial charge in [-0.15, -0.1) is 0 Å². The maximum Gasteiger partial charge on any atom is 0.0594 e. The molecule has 1 aromatic heterocycles. The van der Waals surface area contributed by atoms with Crippen LogP contribution < -0.4 is 5.32 Å². The van der Waals surface area contributed by atoms with Crippen molar-refractivity contribution >= 4 is 0 Å². The zero-order chi connectivity index (χ0) is 11.9. The minimum atomic E-state index is 0.564. The van der Waals surface area contributed by atoms with Gasteiger partial charge in [0, 0.05) is 12.4 Å². The Morgan fingerprint density at radius 1 is 1.41 bits per heavy atom. The molecule has 1 fully saturated rings. The van der Waals surface area contributed by atoms with Crippen molar-refractivity contribution in [3.8, 4) is 0 Å². The molecular weight excluding hydrogens is 210 g/mol. The average Bonchev–Trinajstić information content (AvgIpc) is 2.90. The van der Waals surface area contributed by atoms with Gasteiger partial charge in [0.15, 0.2) is 0 Å². The van der Waals surface area contributed by atoms with Gasteiger partial charge in [-0.2, -0.15) is 0 Å². The van der Waals surface area contributed by atoms with E-state index < -0.39 is 0 Å². The Labute approximate surface area is 104 Å². The second kappa shape index (κ2) is 6.72. The van der Waals surface area contributed by atoms with Crippen molar-refractivity contribution in [3.63, 3.8) is 0 Å². The number of nitrogens with one attached hydrogen (secondary N) is 1. The maximum atomic E-state index is 4.15. The zero-order valence-corrected chi connectivity index (χ0v) is 10.7. The largest absolute Gasteiger partial charge is 0.305 e. The summed E-state index contributed by atoms with van der Waals surface area (Å²) in [4.78, 5) is 6.73. The van der Waals surface area contributed by atoms with Crippen LogP contribution in [0.4, 0.5) is 0 Å². The van der Waals surface area contributed by atoms with Gasteiger partial charge in [-0.1, -0.05) is 6.07 Å². The van der Waals surface area contributed by atoms with Crippen LogP contribution in [0.2, 0.25) is 0 Å². The first-order chi connectivity index (χ1) is 8.40. The number of rotatable bonds is 6.